The molecule has 1 aliphatic heterocycles. The van der Waals surface area contributed by atoms with Crippen molar-refractivity contribution < 1.29 is 14.6 Å². The first-order valence-electron chi connectivity index (χ1n) is 7.70. The standard InChI is InChI=1S/C18H22O3S/c19-11-18(12-20-13-18)14-22-10-4-9-21-17-8-3-6-15-5-1-2-7-16(15)17/h1-3,5-8,19H,4,9-14H2. The van der Waals surface area contributed by atoms with E-state index in [4.69, 9.17) is 9.47 Å². The summed E-state index contributed by atoms with van der Waals surface area (Å²) in [5, 5.41) is 11.8. The van der Waals surface area contributed by atoms with Crippen LogP contribution >= 0.6 is 11.8 Å². The minimum absolute atomic E-state index is 0.0150. The molecule has 0 amide bonds. The molecule has 0 unspecified atom stereocenters. The molecule has 1 heterocycles. The van der Waals surface area contributed by atoms with Crippen molar-refractivity contribution in [2.24, 2.45) is 5.41 Å². The van der Waals surface area contributed by atoms with Crippen LogP contribution in [-0.2, 0) is 4.74 Å². The van der Waals surface area contributed by atoms with Crippen molar-refractivity contribution in [2.45, 2.75) is 6.42 Å². The van der Waals surface area contributed by atoms with Crippen LogP contribution in [0.1, 0.15) is 6.42 Å². The van der Waals surface area contributed by atoms with Gasteiger partial charge < -0.3 is 14.6 Å². The van der Waals surface area contributed by atoms with Crippen LogP contribution in [0.25, 0.3) is 10.8 Å². The minimum Gasteiger partial charge on any atom is -0.493 e. The van der Waals surface area contributed by atoms with E-state index >= 15 is 0 Å². The first-order valence-corrected chi connectivity index (χ1v) is 8.85. The van der Waals surface area contributed by atoms with Crippen LogP contribution < -0.4 is 4.74 Å². The van der Waals surface area contributed by atoms with E-state index < -0.39 is 0 Å². The fourth-order valence-corrected chi connectivity index (χ4v) is 3.72. The summed E-state index contributed by atoms with van der Waals surface area (Å²) in [6, 6.07) is 14.5. The molecule has 118 valence electrons. The first kappa shape index (κ1) is 15.7. The van der Waals surface area contributed by atoms with Gasteiger partial charge in [0, 0.05) is 16.6 Å². The molecule has 0 saturated carbocycles. The Bertz CT molecular complexity index is 599. The van der Waals surface area contributed by atoms with E-state index in [2.05, 4.69) is 18.2 Å². The third kappa shape index (κ3) is 3.57. The molecular formula is C18H22O3S. The molecule has 0 aliphatic carbocycles. The number of fused-ring (bicyclic) bond motifs is 1. The first-order chi connectivity index (χ1) is 10.8. The summed E-state index contributed by atoms with van der Waals surface area (Å²) in [6.45, 7) is 2.35. The minimum atomic E-state index is 0.0150. The molecule has 2 aromatic carbocycles. The lowest BCUT2D eigenvalue weighted by molar-refractivity contribution is -0.121. The highest BCUT2D eigenvalue weighted by atomic mass is 32.2. The number of thioether (sulfide) groups is 1. The highest BCUT2D eigenvalue weighted by Gasteiger charge is 2.37. The molecule has 2 aromatic rings. The summed E-state index contributed by atoms with van der Waals surface area (Å²) in [5.41, 5.74) is 0.0150. The molecule has 0 bridgehead atoms. The van der Waals surface area contributed by atoms with Crippen molar-refractivity contribution in [1.82, 2.24) is 0 Å². The predicted molar refractivity (Wildman–Crippen MR) is 91.7 cm³/mol. The Kier molecular flexibility index (Phi) is 5.24. The zero-order valence-electron chi connectivity index (χ0n) is 12.7. The monoisotopic (exact) mass is 318 g/mol. The Morgan fingerprint density at radius 1 is 1.14 bits per heavy atom. The Morgan fingerprint density at radius 2 is 1.95 bits per heavy atom. The highest BCUT2D eigenvalue weighted by molar-refractivity contribution is 7.99. The van der Waals surface area contributed by atoms with E-state index in [1.165, 1.54) is 10.8 Å². The molecule has 3 nitrogen and oxygen atoms in total. The quantitative estimate of drug-likeness (QED) is 0.758. The van der Waals surface area contributed by atoms with Gasteiger partial charge in [-0.3, -0.25) is 0 Å². The molecule has 1 fully saturated rings. The number of hydrogen-bond donors (Lipinski definition) is 1. The van der Waals surface area contributed by atoms with Gasteiger partial charge in [-0.05, 0) is 23.6 Å². The second kappa shape index (κ2) is 7.36. The van der Waals surface area contributed by atoms with Crippen LogP contribution in [0.3, 0.4) is 0 Å². The number of ether oxygens (including phenoxy) is 2. The Hall–Kier alpha value is -1.23. The summed E-state index contributed by atoms with van der Waals surface area (Å²) >= 11 is 1.88. The maximum Gasteiger partial charge on any atom is 0.127 e. The molecule has 0 atom stereocenters. The van der Waals surface area contributed by atoms with Gasteiger partial charge in [0.15, 0.2) is 0 Å². The van der Waals surface area contributed by atoms with Gasteiger partial charge in [-0.2, -0.15) is 11.8 Å². The third-order valence-corrected chi connectivity index (χ3v) is 5.39. The van der Waals surface area contributed by atoms with Crippen molar-refractivity contribution in [3.05, 3.63) is 42.5 Å². The number of aliphatic hydroxyl groups excluding tert-OH is 1. The van der Waals surface area contributed by atoms with Gasteiger partial charge in [-0.1, -0.05) is 36.4 Å². The summed E-state index contributed by atoms with van der Waals surface area (Å²) in [5.74, 6) is 2.98. The summed E-state index contributed by atoms with van der Waals surface area (Å²) in [7, 11) is 0. The second-order valence-corrected chi connectivity index (χ2v) is 6.99. The van der Waals surface area contributed by atoms with Crippen molar-refractivity contribution in [3.8, 4) is 5.75 Å². The fourth-order valence-electron chi connectivity index (χ4n) is 2.56. The maximum absolute atomic E-state index is 9.37. The molecule has 3 rings (SSSR count). The average molecular weight is 318 g/mol. The van der Waals surface area contributed by atoms with E-state index in [-0.39, 0.29) is 12.0 Å². The van der Waals surface area contributed by atoms with Crippen LogP contribution in [0.15, 0.2) is 42.5 Å². The lowest BCUT2D eigenvalue weighted by Gasteiger charge is -2.39. The van der Waals surface area contributed by atoms with Crippen LogP contribution in [0.5, 0.6) is 5.75 Å². The van der Waals surface area contributed by atoms with Gasteiger partial charge in [0.2, 0.25) is 0 Å². The number of benzene rings is 2. The van der Waals surface area contributed by atoms with Gasteiger partial charge in [-0.25, -0.2) is 0 Å². The highest BCUT2D eigenvalue weighted by Crippen LogP contribution is 2.31. The fraction of sp³-hybridized carbons (Fsp3) is 0.444. The molecule has 0 aromatic heterocycles. The molecule has 4 heteroatoms. The smallest absolute Gasteiger partial charge is 0.127 e. The Balaban J connectivity index is 1.41. The van der Waals surface area contributed by atoms with Gasteiger partial charge in [0.05, 0.1) is 26.4 Å². The van der Waals surface area contributed by atoms with Crippen LogP contribution in [-0.4, -0.2) is 43.0 Å². The zero-order valence-corrected chi connectivity index (χ0v) is 13.5. The van der Waals surface area contributed by atoms with E-state index in [0.717, 1.165) is 30.3 Å². The van der Waals surface area contributed by atoms with Crippen molar-refractivity contribution in [2.75, 3.05) is 37.9 Å². The molecular weight excluding hydrogens is 296 g/mol. The normalized spacial score (nSPS) is 16.4. The lowest BCUT2D eigenvalue weighted by atomic mass is 9.90. The van der Waals surface area contributed by atoms with Crippen molar-refractivity contribution >= 4 is 22.5 Å². The van der Waals surface area contributed by atoms with Crippen molar-refractivity contribution in [3.63, 3.8) is 0 Å². The molecule has 1 saturated heterocycles. The Morgan fingerprint density at radius 3 is 2.73 bits per heavy atom. The lowest BCUT2D eigenvalue weighted by Crippen LogP contribution is -2.47. The molecule has 1 aliphatic rings. The third-order valence-electron chi connectivity index (χ3n) is 4.00. The number of aliphatic hydroxyl groups is 1. The molecule has 0 radical (unpaired) electrons. The maximum atomic E-state index is 9.37. The van der Waals surface area contributed by atoms with E-state index in [1.54, 1.807) is 0 Å². The van der Waals surface area contributed by atoms with Gasteiger partial charge in [0.25, 0.3) is 0 Å². The molecule has 0 spiro atoms. The van der Waals surface area contributed by atoms with E-state index in [0.29, 0.717) is 13.2 Å². The van der Waals surface area contributed by atoms with Crippen molar-refractivity contribution in [1.29, 1.82) is 0 Å². The van der Waals surface area contributed by atoms with E-state index in [1.807, 2.05) is 36.0 Å². The van der Waals surface area contributed by atoms with Gasteiger partial charge in [0.1, 0.15) is 5.75 Å². The van der Waals surface area contributed by atoms with Crippen LogP contribution in [0, 0.1) is 5.41 Å². The SMILES string of the molecule is OCC1(CSCCCOc2cccc3ccccc23)COC1. The summed E-state index contributed by atoms with van der Waals surface area (Å²) in [6.07, 6.45) is 1.01. The molecule has 22 heavy (non-hydrogen) atoms. The zero-order chi connectivity index (χ0) is 15.3. The second-order valence-electron chi connectivity index (χ2n) is 5.88. The van der Waals surface area contributed by atoms with Gasteiger partial charge in [-0.15, -0.1) is 0 Å². The average Bonchev–Trinajstić information content (AvgIpc) is 2.53. The van der Waals surface area contributed by atoms with Gasteiger partial charge >= 0.3 is 0 Å². The van der Waals surface area contributed by atoms with Crippen LogP contribution in [0.4, 0.5) is 0 Å². The summed E-state index contributed by atoms with van der Waals surface area (Å²) in [4.78, 5) is 0. The summed E-state index contributed by atoms with van der Waals surface area (Å²) < 4.78 is 11.1. The van der Waals surface area contributed by atoms with E-state index in [9.17, 15) is 5.11 Å². The number of hydrogen-bond acceptors (Lipinski definition) is 4. The topological polar surface area (TPSA) is 38.7 Å². The predicted octanol–water partition coefficient (Wildman–Crippen LogP) is 3.35. The van der Waals surface area contributed by atoms with Crippen LogP contribution in [0.2, 0.25) is 0 Å². The number of rotatable bonds is 8. The largest absolute Gasteiger partial charge is 0.493 e. The molecule has 1 N–H and O–H groups in total. The Labute approximate surface area is 135 Å².